The number of nitrogens with zero attached hydrogens (tertiary/aromatic N) is 5. The van der Waals surface area contributed by atoms with E-state index in [9.17, 15) is 0 Å². The maximum absolute atomic E-state index is 9.07. The molecule has 7 heteroatoms. The minimum absolute atomic E-state index is 0.193. The number of rotatable bonds is 3. The van der Waals surface area contributed by atoms with Gasteiger partial charge in [-0.25, -0.2) is 15.0 Å². The van der Waals surface area contributed by atoms with Gasteiger partial charge in [0.15, 0.2) is 0 Å². The molecule has 25 heavy (non-hydrogen) atoms. The molecule has 3 N–H and O–H groups in total. The molecule has 0 unspecified atom stereocenters. The summed E-state index contributed by atoms with van der Waals surface area (Å²) in [5.74, 6) is 7.66. The number of hydrogen-bond donors (Lipinski definition) is 2. The molecule has 3 rings (SSSR count). The number of piperazine rings is 1. The maximum atomic E-state index is 9.07. The van der Waals surface area contributed by atoms with E-state index >= 15 is 0 Å². The number of aryl methyl sites for hydroxylation is 1. The normalized spacial score (nSPS) is 14.9. The highest BCUT2D eigenvalue weighted by atomic mass is 16.3. The van der Waals surface area contributed by atoms with Gasteiger partial charge in [0.2, 0.25) is 0 Å². The third-order valence-corrected chi connectivity index (χ3v) is 4.22. The lowest BCUT2D eigenvalue weighted by Gasteiger charge is -2.35. The number of aromatic nitrogens is 3. The van der Waals surface area contributed by atoms with Gasteiger partial charge in [-0.3, -0.25) is 4.90 Å². The molecule has 1 aliphatic rings. The van der Waals surface area contributed by atoms with Crippen LogP contribution in [0.3, 0.4) is 0 Å². The van der Waals surface area contributed by atoms with E-state index in [0.717, 1.165) is 48.8 Å². The standard InChI is InChI=1S/C18H22N6O/c1-14-16(4-2-15-3-5-17(19)20-12-15)18(22-13-21-14)24-8-6-23(7-9-24)10-11-25/h3,5,12-13,25H,6-11H2,1H3,(H2,19,20). The van der Waals surface area contributed by atoms with Crippen LogP contribution in [-0.4, -0.2) is 64.3 Å². The highest BCUT2D eigenvalue weighted by Crippen LogP contribution is 2.20. The van der Waals surface area contributed by atoms with Crippen LogP contribution in [0.2, 0.25) is 0 Å². The van der Waals surface area contributed by atoms with Crippen molar-refractivity contribution >= 4 is 11.6 Å². The van der Waals surface area contributed by atoms with E-state index < -0.39 is 0 Å². The first kappa shape index (κ1) is 17.1. The van der Waals surface area contributed by atoms with E-state index in [1.807, 2.05) is 13.0 Å². The monoisotopic (exact) mass is 338 g/mol. The van der Waals surface area contributed by atoms with Gasteiger partial charge in [-0.05, 0) is 19.1 Å². The summed E-state index contributed by atoms with van der Waals surface area (Å²) in [6, 6.07) is 3.58. The van der Waals surface area contributed by atoms with Crippen molar-refractivity contribution in [3.05, 3.63) is 41.5 Å². The molecule has 7 nitrogen and oxygen atoms in total. The lowest BCUT2D eigenvalue weighted by atomic mass is 10.1. The van der Waals surface area contributed by atoms with Gasteiger partial charge in [-0.15, -0.1) is 0 Å². The summed E-state index contributed by atoms with van der Waals surface area (Å²) in [7, 11) is 0. The second-order valence-corrected chi connectivity index (χ2v) is 5.93. The van der Waals surface area contributed by atoms with Crippen molar-refractivity contribution in [2.75, 3.05) is 50.0 Å². The molecule has 0 aliphatic carbocycles. The van der Waals surface area contributed by atoms with E-state index in [1.165, 1.54) is 0 Å². The van der Waals surface area contributed by atoms with Crippen LogP contribution in [-0.2, 0) is 0 Å². The Morgan fingerprint density at radius 3 is 2.60 bits per heavy atom. The molecule has 2 aromatic heterocycles. The number of nitrogens with two attached hydrogens (primary N) is 1. The van der Waals surface area contributed by atoms with Crippen LogP contribution in [0.5, 0.6) is 0 Å². The van der Waals surface area contributed by atoms with E-state index in [2.05, 4.69) is 36.6 Å². The minimum Gasteiger partial charge on any atom is -0.395 e. The predicted molar refractivity (Wildman–Crippen MR) is 97.1 cm³/mol. The van der Waals surface area contributed by atoms with Crippen LogP contribution in [0.25, 0.3) is 0 Å². The van der Waals surface area contributed by atoms with Crippen LogP contribution in [0.4, 0.5) is 11.6 Å². The third-order valence-electron chi connectivity index (χ3n) is 4.22. The first-order chi connectivity index (χ1) is 12.2. The Morgan fingerprint density at radius 1 is 1.12 bits per heavy atom. The maximum Gasteiger partial charge on any atom is 0.148 e. The summed E-state index contributed by atoms with van der Waals surface area (Å²) in [4.78, 5) is 17.3. The van der Waals surface area contributed by atoms with Gasteiger partial charge < -0.3 is 15.7 Å². The second kappa shape index (κ2) is 7.92. The Kier molecular flexibility index (Phi) is 5.43. The second-order valence-electron chi connectivity index (χ2n) is 5.93. The lowest BCUT2D eigenvalue weighted by Crippen LogP contribution is -2.47. The van der Waals surface area contributed by atoms with Crippen molar-refractivity contribution in [2.45, 2.75) is 6.92 Å². The smallest absolute Gasteiger partial charge is 0.148 e. The Hall–Kier alpha value is -2.69. The van der Waals surface area contributed by atoms with Crippen LogP contribution in [0, 0.1) is 18.8 Å². The first-order valence-electron chi connectivity index (χ1n) is 8.30. The van der Waals surface area contributed by atoms with E-state index in [0.29, 0.717) is 12.4 Å². The minimum atomic E-state index is 0.193. The number of nitrogen functional groups attached to an aromatic ring is 1. The summed E-state index contributed by atoms with van der Waals surface area (Å²) in [6.45, 7) is 6.37. The molecule has 1 aliphatic heterocycles. The van der Waals surface area contributed by atoms with Crippen molar-refractivity contribution in [2.24, 2.45) is 0 Å². The van der Waals surface area contributed by atoms with Gasteiger partial charge in [0.1, 0.15) is 18.0 Å². The molecular formula is C18H22N6O. The summed E-state index contributed by atoms with van der Waals surface area (Å²) in [5.41, 5.74) is 8.11. The van der Waals surface area contributed by atoms with E-state index in [1.54, 1.807) is 18.6 Å². The van der Waals surface area contributed by atoms with Crippen molar-refractivity contribution < 1.29 is 5.11 Å². The van der Waals surface area contributed by atoms with E-state index in [4.69, 9.17) is 10.8 Å². The van der Waals surface area contributed by atoms with Crippen LogP contribution in [0.1, 0.15) is 16.8 Å². The topological polar surface area (TPSA) is 91.4 Å². The van der Waals surface area contributed by atoms with Crippen molar-refractivity contribution in [1.29, 1.82) is 0 Å². The van der Waals surface area contributed by atoms with Gasteiger partial charge in [-0.1, -0.05) is 11.8 Å². The molecule has 130 valence electrons. The predicted octanol–water partition coefficient (Wildman–Crippen LogP) is 0.276. The average molecular weight is 338 g/mol. The van der Waals surface area contributed by atoms with Gasteiger partial charge in [0.25, 0.3) is 0 Å². The zero-order valence-corrected chi connectivity index (χ0v) is 14.3. The molecular weight excluding hydrogens is 316 g/mol. The van der Waals surface area contributed by atoms with Crippen molar-refractivity contribution in [1.82, 2.24) is 19.9 Å². The number of aliphatic hydroxyl groups is 1. The number of hydrogen-bond acceptors (Lipinski definition) is 7. The largest absolute Gasteiger partial charge is 0.395 e. The molecule has 3 heterocycles. The summed E-state index contributed by atoms with van der Waals surface area (Å²) < 4.78 is 0. The fourth-order valence-corrected chi connectivity index (χ4v) is 2.79. The van der Waals surface area contributed by atoms with Crippen LogP contribution < -0.4 is 10.6 Å². The molecule has 0 spiro atoms. The first-order valence-corrected chi connectivity index (χ1v) is 8.30. The Morgan fingerprint density at radius 2 is 1.92 bits per heavy atom. The van der Waals surface area contributed by atoms with Crippen LogP contribution >= 0.6 is 0 Å². The number of aliphatic hydroxyl groups excluding tert-OH is 1. The number of pyridine rings is 1. The Bertz CT molecular complexity index is 772. The third kappa shape index (κ3) is 4.24. The highest BCUT2D eigenvalue weighted by Gasteiger charge is 2.20. The Balaban J connectivity index is 1.82. The van der Waals surface area contributed by atoms with Gasteiger partial charge >= 0.3 is 0 Å². The quantitative estimate of drug-likeness (QED) is 0.777. The highest BCUT2D eigenvalue weighted by molar-refractivity contribution is 5.59. The number of β-amino-alcohol motifs (C(OH)–C–C–N with tert-alkyl or cyclic N) is 1. The van der Waals surface area contributed by atoms with Gasteiger partial charge in [-0.2, -0.15) is 0 Å². The van der Waals surface area contributed by atoms with E-state index in [-0.39, 0.29) is 6.61 Å². The fourth-order valence-electron chi connectivity index (χ4n) is 2.79. The Labute approximate surface area is 147 Å². The SMILES string of the molecule is Cc1ncnc(N2CCN(CCO)CC2)c1C#Cc1ccc(N)nc1. The molecule has 0 bridgehead atoms. The van der Waals surface area contributed by atoms with Crippen molar-refractivity contribution in [3.8, 4) is 11.8 Å². The molecule has 0 amide bonds. The molecule has 1 saturated heterocycles. The van der Waals surface area contributed by atoms with Gasteiger partial charge in [0.05, 0.1) is 17.9 Å². The zero-order chi connectivity index (χ0) is 17.6. The molecule has 1 fully saturated rings. The molecule has 0 atom stereocenters. The molecule has 0 saturated carbocycles. The average Bonchev–Trinajstić information content (AvgIpc) is 2.63. The molecule has 0 aromatic carbocycles. The summed E-state index contributed by atoms with van der Waals surface area (Å²) in [5, 5.41) is 9.07. The van der Waals surface area contributed by atoms with Crippen molar-refractivity contribution in [3.63, 3.8) is 0 Å². The molecule has 0 radical (unpaired) electrons. The summed E-state index contributed by atoms with van der Waals surface area (Å²) >= 11 is 0. The van der Waals surface area contributed by atoms with Crippen LogP contribution in [0.15, 0.2) is 24.7 Å². The zero-order valence-electron chi connectivity index (χ0n) is 14.3. The fraction of sp³-hybridized carbons (Fsp3) is 0.389. The lowest BCUT2D eigenvalue weighted by molar-refractivity contribution is 0.188. The molecule has 2 aromatic rings. The van der Waals surface area contributed by atoms with Gasteiger partial charge in [0, 0.05) is 44.5 Å². The number of anilines is 2. The summed E-state index contributed by atoms with van der Waals surface area (Å²) in [6.07, 6.45) is 3.25.